The van der Waals surface area contributed by atoms with Crippen LogP contribution in [0.1, 0.15) is 23.9 Å². The van der Waals surface area contributed by atoms with E-state index in [0.29, 0.717) is 22.6 Å². The van der Waals surface area contributed by atoms with E-state index < -0.39 is 0 Å². The molecule has 5 heteroatoms. The minimum absolute atomic E-state index is 0.412. The molecule has 0 N–H and O–H groups in total. The molecule has 1 aromatic rings. The summed E-state index contributed by atoms with van der Waals surface area (Å²) in [7, 11) is 2.09. The molecule has 4 nitrogen and oxygen atoms in total. The molecule has 88 valence electrons. The van der Waals surface area contributed by atoms with Gasteiger partial charge in [-0.05, 0) is 31.9 Å². The number of nitrogens with zero attached hydrogens (tertiary/aromatic N) is 3. The van der Waals surface area contributed by atoms with Crippen LogP contribution in [0, 0.1) is 13.8 Å². The summed E-state index contributed by atoms with van der Waals surface area (Å²) in [6.07, 6.45) is 1.73. The molecule has 0 saturated carbocycles. The summed E-state index contributed by atoms with van der Waals surface area (Å²) in [4.78, 5) is 0. The molecule has 2 radical (unpaired) electrons. The SMILES string of the molecule is CCc1cc(C)n(CN=NC[Si]OC)c1C. The van der Waals surface area contributed by atoms with Crippen LogP contribution in [0.2, 0.25) is 0 Å². The van der Waals surface area contributed by atoms with Gasteiger partial charge in [0.15, 0.2) is 0 Å². The normalized spacial score (nSPS) is 11.5. The Balaban J connectivity index is 2.59. The van der Waals surface area contributed by atoms with Crippen LogP contribution in [0.15, 0.2) is 16.3 Å². The molecule has 0 fully saturated rings. The molecule has 0 aromatic carbocycles. The third-order valence-electron chi connectivity index (χ3n) is 2.64. The third kappa shape index (κ3) is 3.28. The maximum Gasteiger partial charge on any atom is 0.254 e. The van der Waals surface area contributed by atoms with E-state index in [1.807, 2.05) is 0 Å². The van der Waals surface area contributed by atoms with Gasteiger partial charge in [-0.15, -0.1) is 0 Å². The molecule has 0 unspecified atom stereocenters. The summed E-state index contributed by atoms with van der Waals surface area (Å²) >= 11 is 0. The van der Waals surface area contributed by atoms with Crippen LogP contribution in [0.3, 0.4) is 0 Å². The number of azo groups is 1. The smallest absolute Gasteiger partial charge is 0.254 e. The summed E-state index contributed by atoms with van der Waals surface area (Å²) < 4.78 is 7.12. The fourth-order valence-corrected chi connectivity index (χ4v) is 1.99. The topological polar surface area (TPSA) is 38.9 Å². The summed E-state index contributed by atoms with van der Waals surface area (Å²) in [5.74, 6) is 0. The molecule has 1 rings (SSSR count). The van der Waals surface area contributed by atoms with Gasteiger partial charge in [-0.25, -0.2) is 0 Å². The fraction of sp³-hybridized carbons (Fsp3) is 0.636. The highest BCUT2D eigenvalue weighted by atomic mass is 28.2. The van der Waals surface area contributed by atoms with Crippen molar-refractivity contribution in [3.05, 3.63) is 23.0 Å². The Hall–Kier alpha value is -0.943. The molecule has 0 saturated heterocycles. The van der Waals surface area contributed by atoms with Gasteiger partial charge in [0.05, 0.1) is 6.17 Å². The maximum absolute atomic E-state index is 4.93. The second-order valence-electron chi connectivity index (χ2n) is 3.61. The highest BCUT2D eigenvalue weighted by molar-refractivity contribution is 6.27. The summed E-state index contributed by atoms with van der Waals surface area (Å²) in [5.41, 5.74) is 3.95. The van der Waals surface area contributed by atoms with Crippen molar-refractivity contribution < 1.29 is 4.43 Å². The van der Waals surface area contributed by atoms with Crippen molar-refractivity contribution in [1.29, 1.82) is 0 Å². The monoisotopic (exact) mass is 237 g/mol. The van der Waals surface area contributed by atoms with Crippen LogP contribution in [0.5, 0.6) is 0 Å². The molecule has 1 aromatic heterocycles. The Bertz CT molecular complexity index is 360. The first-order valence-corrected chi connectivity index (χ1v) is 6.57. The van der Waals surface area contributed by atoms with Gasteiger partial charge in [-0.3, -0.25) is 0 Å². The second-order valence-corrected chi connectivity index (χ2v) is 4.62. The number of rotatable bonds is 6. The molecule has 0 aliphatic carbocycles. The summed E-state index contributed by atoms with van der Waals surface area (Å²) in [5, 5.41) is 8.23. The largest absolute Gasteiger partial charge is 0.419 e. The maximum atomic E-state index is 4.93. The van der Waals surface area contributed by atoms with Crippen LogP contribution in [-0.4, -0.2) is 27.6 Å². The van der Waals surface area contributed by atoms with Gasteiger partial charge in [-0.2, -0.15) is 10.2 Å². The number of aromatic nitrogens is 1. The molecule has 0 aliphatic heterocycles. The van der Waals surface area contributed by atoms with Gasteiger partial charge in [-0.1, -0.05) is 6.92 Å². The zero-order valence-electron chi connectivity index (χ0n) is 10.4. The molecule has 0 bridgehead atoms. The first-order valence-electron chi connectivity index (χ1n) is 5.45. The van der Waals surface area contributed by atoms with Crippen molar-refractivity contribution in [3.8, 4) is 0 Å². The third-order valence-corrected chi connectivity index (χ3v) is 3.20. The van der Waals surface area contributed by atoms with Crippen LogP contribution in [-0.2, 0) is 17.5 Å². The standard InChI is InChI=1S/C11H19N3OSi/c1-5-11-6-9(2)14(10(11)3)7-12-13-8-16-15-4/h6H,5,7-8H2,1-4H3. The predicted octanol–water partition coefficient (Wildman–Crippen LogP) is 2.30. The van der Waals surface area contributed by atoms with E-state index in [-0.39, 0.29) is 0 Å². The Morgan fingerprint density at radius 3 is 2.69 bits per heavy atom. The summed E-state index contributed by atoms with van der Waals surface area (Å²) in [6.45, 7) is 7.04. The van der Waals surface area contributed by atoms with E-state index in [1.54, 1.807) is 7.11 Å². The minimum atomic E-state index is 0.412. The highest BCUT2D eigenvalue weighted by Crippen LogP contribution is 2.15. The first-order chi connectivity index (χ1) is 7.70. The predicted molar refractivity (Wildman–Crippen MR) is 65.8 cm³/mol. The average Bonchev–Trinajstić information content (AvgIpc) is 2.55. The van der Waals surface area contributed by atoms with E-state index in [4.69, 9.17) is 4.43 Å². The van der Waals surface area contributed by atoms with Crippen LogP contribution in [0.4, 0.5) is 0 Å². The first kappa shape index (κ1) is 13.1. The number of aryl methyl sites for hydroxylation is 2. The van der Waals surface area contributed by atoms with E-state index in [9.17, 15) is 0 Å². The zero-order valence-corrected chi connectivity index (χ0v) is 11.4. The van der Waals surface area contributed by atoms with Crippen LogP contribution in [0.25, 0.3) is 0 Å². The molecular formula is C11H19N3OSi. The van der Waals surface area contributed by atoms with E-state index in [2.05, 4.69) is 41.6 Å². The second kappa shape index (κ2) is 6.60. The molecule has 0 aliphatic rings. The number of hydrogen-bond donors (Lipinski definition) is 0. The van der Waals surface area contributed by atoms with Gasteiger partial charge in [0.1, 0.15) is 6.67 Å². The van der Waals surface area contributed by atoms with Gasteiger partial charge >= 0.3 is 0 Å². The Labute approximate surface area is 99.7 Å². The van der Waals surface area contributed by atoms with Crippen LogP contribution < -0.4 is 0 Å². The van der Waals surface area contributed by atoms with E-state index in [1.165, 1.54) is 17.0 Å². The zero-order chi connectivity index (χ0) is 12.0. The Morgan fingerprint density at radius 1 is 1.38 bits per heavy atom. The molecule has 0 amide bonds. The van der Waals surface area contributed by atoms with E-state index >= 15 is 0 Å². The Morgan fingerprint density at radius 2 is 2.12 bits per heavy atom. The van der Waals surface area contributed by atoms with Crippen molar-refractivity contribution in [2.45, 2.75) is 33.9 Å². The lowest BCUT2D eigenvalue weighted by atomic mass is 10.2. The molecule has 0 atom stereocenters. The van der Waals surface area contributed by atoms with Gasteiger partial charge in [0.2, 0.25) is 0 Å². The van der Waals surface area contributed by atoms with Crippen molar-refractivity contribution >= 4 is 9.76 Å². The molecule has 1 heterocycles. The van der Waals surface area contributed by atoms with Gasteiger partial charge in [0.25, 0.3) is 9.76 Å². The van der Waals surface area contributed by atoms with Crippen molar-refractivity contribution in [2.24, 2.45) is 10.2 Å². The van der Waals surface area contributed by atoms with E-state index in [0.717, 1.165) is 6.42 Å². The lowest BCUT2D eigenvalue weighted by Gasteiger charge is -2.04. The van der Waals surface area contributed by atoms with Crippen molar-refractivity contribution in [3.63, 3.8) is 0 Å². The minimum Gasteiger partial charge on any atom is -0.419 e. The van der Waals surface area contributed by atoms with Crippen molar-refractivity contribution in [1.82, 2.24) is 4.57 Å². The van der Waals surface area contributed by atoms with Gasteiger partial charge in [0, 0.05) is 18.5 Å². The Kier molecular flexibility index (Phi) is 5.41. The molecular weight excluding hydrogens is 218 g/mol. The quantitative estimate of drug-likeness (QED) is 0.425. The highest BCUT2D eigenvalue weighted by Gasteiger charge is 2.06. The van der Waals surface area contributed by atoms with Gasteiger partial charge < -0.3 is 8.99 Å². The summed E-state index contributed by atoms with van der Waals surface area (Å²) in [6, 6.07) is 2.22. The number of hydrogen-bond acceptors (Lipinski definition) is 3. The fourth-order valence-electron chi connectivity index (χ4n) is 1.70. The van der Waals surface area contributed by atoms with Crippen LogP contribution >= 0.6 is 0 Å². The molecule has 0 spiro atoms. The van der Waals surface area contributed by atoms with Crippen molar-refractivity contribution in [2.75, 3.05) is 13.3 Å². The lowest BCUT2D eigenvalue weighted by molar-refractivity contribution is 0.441. The average molecular weight is 237 g/mol. The lowest BCUT2D eigenvalue weighted by Crippen LogP contribution is -2.02. The molecule has 16 heavy (non-hydrogen) atoms.